The Labute approximate surface area is 622 Å². The zero-order chi connectivity index (χ0) is 71.7. The molecule has 22 rings (SSSR count). The van der Waals surface area contributed by atoms with E-state index in [1.54, 1.807) is 0 Å². The van der Waals surface area contributed by atoms with Gasteiger partial charge < -0.3 is 19.6 Å². The van der Waals surface area contributed by atoms with Crippen LogP contribution in [0.5, 0.6) is 0 Å². The van der Waals surface area contributed by atoms with Crippen molar-refractivity contribution < 1.29 is 0 Å². The average Bonchev–Trinajstić information content (AvgIpc) is 1.54. The predicted octanol–water partition coefficient (Wildman–Crippen LogP) is 27.3. The molecule has 0 radical (unpaired) electrons. The van der Waals surface area contributed by atoms with Crippen LogP contribution in [0.1, 0.15) is 49.9 Å². The fraction of sp³-hybridized carbons (Fsp3) is 0.0980. The number of hydrogen-bond acceptors (Lipinski definition) is 4. The summed E-state index contributed by atoms with van der Waals surface area (Å²) in [6.45, 7) is 9.44. The van der Waals surface area contributed by atoms with Crippen LogP contribution in [-0.2, 0) is 10.8 Å². The van der Waals surface area contributed by atoms with Crippen molar-refractivity contribution in [1.82, 2.24) is 0 Å². The van der Waals surface area contributed by atoms with Gasteiger partial charge in [-0.1, -0.05) is 319 Å². The van der Waals surface area contributed by atoms with Gasteiger partial charge in [0.05, 0.1) is 11.4 Å². The molecule has 508 valence electrons. The molecule has 106 heavy (non-hydrogen) atoms. The number of fused-ring (bicyclic) bond motifs is 30. The first-order valence-electron chi connectivity index (χ1n) is 37.1. The number of benzene rings is 16. The summed E-state index contributed by atoms with van der Waals surface area (Å²) >= 11 is 0. The summed E-state index contributed by atoms with van der Waals surface area (Å²) in [5.74, 6) is 0. The standard InChI is InChI=1S/2C28H23N.2C23H17N/c1-28(2)24-14-8-6-12-20(24)22-17-27-23(16-25(22)28)19-11-5-4-10-18(19)21-13-7-9-15-26(21)29(27)3;1-28(2)24-14-8-6-12-20(24)22-16-17-23-19-11-5-4-10-18(19)21-13-7-9-15-25(21)29(3)27(23)26(22)28;1-24-22-13-7-6-12-20(22)18-10-4-5-11-19(18)21-14-16-8-2-3-9-17(16)15-23(21)24;1-24-22-13-7-6-12-20(22)18-10-4-5-11-19(18)21-15-14-16-8-2-3-9-17(16)23(21)24/h2*4-17H,1-3H3;2*2-15H,1H3. The van der Waals surface area contributed by atoms with Crippen molar-refractivity contribution in [3.8, 4) is 111 Å². The molecular weight excluding hydrogens is 1280 g/mol. The van der Waals surface area contributed by atoms with Crippen LogP contribution in [0.2, 0.25) is 0 Å². The molecule has 0 N–H and O–H groups in total. The molecule has 2 aliphatic carbocycles. The Morgan fingerprint density at radius 3 is 0.981 bits per heavy atom. The smallest absolute Gasteiger partial charge is 0.0567 e. The molecule has 0 fully saturated rings. The maximum atomic E-state index is 2.45. The number of para-hydroxylation sites is 4. The highest BCUT2D eigenvalue weighted by Crippen LogP contribution is 2.60. The van der Waals surface area contributed by atoms with E-state index in [0.717, 1.165) is 0 Å². The monoisotopic (exact) mass is 1360 g/mol. The van der Waals surface area contributed by atoms with E-state index in [1.165, 1.54) is 201 Å². The molecule has 0 aromatic heterocycles. The van der Waals surface area contributed by atoms with Crippen molar-refractivity contribution in [3.05, 3.63) is 362 Å². The van der Waals surface area contributed by atoms with E-state index in [2.05, 4.69) is 415 Å². The van der Waals surface area contributed by atoms with Crippen LogP contribution in [0.4, 0.5) is 45.5 Å². The Balaban J connectivity index is 0.0000000971. The highest BCUT2D eigenvalue weighted by Gasteiger charge is 2.41. The van der Waals surface area contributed by atoms with E-state index in [4.69, 9.17) is 0 Å². The van der Waals surface area contributed by atoms with Crippen LogP contribution in [0, 0.1) is 0 Å². The van der Waals surface area contributed by atoms with Gasteiger partial charge in [-0.2, -0.15) is 0 Å². The molecule has 4 nitrogen and oxygen atoms in total. The van der Waals surface area contributed by atoms with Gasteiger partial charge in [0.15, 0.2) is 0 Å². The average molecular weight is 1360 g/mol. The molecule has 4 heterocycles. The van der Waals surface area contributed by atoms with Crippen LogP contribution in [0.15, 0.2) is 340 Å². The first-order valence-corrected chi connectivity index (χ1v) is 37.1. The molecule has 0 bridgehead atoms. The van der Waals surface area contributed by atoms with E-state index in [1.807, 2.05) is 0 Å². The van der Waals surface area contributed by atoms with Crippen LogP contribution in [-0.4, -0.2) is 28.2 Å². The first-order chi connectivity index (χ1) is 51.8. The molecule has 16 aromatic rings. The molecule has 0 unspecified atom stereocenters. The highest BCUT2D eigenvalue weighted by molar-refractivity contribution is 6.11. The lowest BCUT2D eigenvalue weighted by Gasteiger charge is -2.31. The lowest BCUT2D eigenvalue weighted by Crippen LogP contribution is -2.21. The Kier molecular flexibility index (Phi) is 15.1. The van der Waals surface area contributed by atoms with Gasteiger partial charge in [-0.05, 0) is 154 Å². The quantitative estimate of drug-likeness (QED) is 0.150. The summed E-state index contributed by atoms with van der Waals surface area (Å²) in [7, 11) is 8.76. The minimum absolute atomic E-state index is 0.00757. The summed E-state index contributed by atoms with van der Waals surface area (Å²) < 4.78 is 0. The maximum absolute atomic E-state index is 2.45. The van der Waals surface area contributed by atoms with Crippen LogP contribution in [0.25, 0.3) is 133 Å². The molecule has 0 saturated carbocycles. The molecule has 6 aliphatic rings. The summed E-state index contributed by atoms with van der Waals surface area (Å²) in [6, 6.07) is 124. The van der Waals surface area contributed by atoms with Gasteiger partial charge in [0, 0.05) is 123 Å². The van der Waals surface area contributed by atoms with Crippen molar-refractivity contribution in [2.24, 2.45) is 0 Å². The van der Waals surface area contributed by atoms with E-state index >= 15 is 0 Å². The van der Waals surface area contributed by atoms with Gasteiger partial charge in [0.25, 0.3) is 0 Å². The van der Waals surface area contributed by atoms with Crippen molar-refractivity contribution in [3.63, 3.8) is 0 Å². The van der Waals surface area contributed by atoms with Crippen molar-refractivity contribution in [2.45, 2.75) is 38.5 Å². The van der Waals surface area contributed by atoms with Gasteiger partial charge in [-0.15, -0.1) is 0 Å². The molecule has 0 amide bonds. The number of anilines is 8. The predicted molar refractivity (Wildman–Crippen MR) is 452 cm³/mol. The van der Waals surface area contributed by atoms with Crippen molar-refractivity contribution >= 4 is 67.0 Å². The third-order valence-electron chi connectivity index (χ3n) is 23.6. The van der Waals surface area contributed by atoms with Gasteiger partial charge >= 0.3 is 0 Å². The third kappa shape index (κ3) is 9.95. The summed E-state index contributed by atoms with van der Waals surface area (Å²) in [5, 5.41) is 5.13. The second-order valence-corrected chi connectivity index (χ2v) is 30.0. The van der Waals surface area contributed by atoms with Crippen molar-refractivity contribution in [1.29, 1.82) is 0 Å². The number of hydrogen-bond donors (Lipinski definition) is 0. The molecular formula is C102H80N4. The highest BCUT2D eigenvalue weighted by atomic mass is 15.1. The number of rotatable bonds is 0. The van der Waals surface area contributed by atoms with Gasteiger partial charge in [-0.3, -0.25) is 0 Å². The largest absolute Gasteiger partial charge is 0.344 e. The van der Waals surface area contributed by atoms with E-state index < -0.39 is 0 Å². The number of nitrogens with zero attached hydrogens (tertiary/aromatic N) is 4. The summed E-state index contributed by atoms with van der Waals surface area (Å²) in [4.78, 5) is 9.43. The minimum atomic E-state index is -0.0419. The van der Waals surface area contributed by atoms with Crippen LogP contribution in [0.3, 0.4) is 0 Å². The molecule has 16 aromatic carbocycles. The Morgan fingerprint density at radius 1 is 0.179 bits per heavy atom. The summed E-state index contributed by atoms with van der Waals surface area (Å²) in [6.07, 6.45) is 0. The van der Waals surface area contributed by atoms with E-state index in [0.29, 0.717) is 0 Å². The topological polar surface area (TPSA) is 13.0 Å². The normalized spacial score (nSPS) is 13.7. The molecule has 0 spiro atoms. The van der Waals surface area contributed by atoms with Crippen LogP contribution >= 0.6 is 0 Å². The molecule has 4 heteroatoms. The van der Waals surface area contributed by atoms with Gasteiger partial charge in [-0.25, -0.2) is 0 Å². The summed E-state index contributed by atoms with van der Waals surface area (Å²) in [5.41, 5.74) is 42.1. The van der Waals surface area contributed by atoms with E-state index in [-0.39, 0.29) is 10.8 Å². The Morgan fingerprint density at radius 2 is 0.491 bits per heavy atom. The zero-order valence-electron chi connectivity index (χ0n) is 61.1. The third-order valence-corrected chi connectivity index (χ3v) is 23.6. The van der Waals surface area contributed by atoms with Crippen molar-refractivity contribution in [2.75, 3.05) is 47.8 Å². The minimum Gasteiger partial charge on any atom is -0.344 e. The lowest BCUT2D eigenvalue weighted by atomic mass is 9.80. The Hall–Kier alpha value is -12.8. The first kappa shape index (κ1) is 64.1. The SMILES string of the molecule is CN1c2ccccc2-c2ccccc2-c2cc3c(cc21)-c1ccccc1C3(C)C.CN1c2ccccc2-c2ccccc2-c2cc3ccccc3cc21.CN1c2ccccc2-c2ccccc2-c2ccc3c(c21)C(C)(C)c1ccccc1-3.CN1c2ccccc2-c2ccccc2-c2ccc3ccccc3c21. The molecule has 4 aliphatic heterocycles. The molecule has 0 atom stereocenters. The second kappa shape index (κ2) is 25.0. The zero-order valence-corrected chi connectivity index (χ0v) is 61.1. The van der Waals surface area contributed by atoms with Crippen LogP contribution < -0.4 is 19.6 Å². The van der Waals surface area contributed by atoms with Gasteiger partial charge in [0.1, 0.15) is 0 Å². The lowest BCUT2D eigenvalue weighted by molar-refractivity contribution is 0.660. The fourth-order valence-electron chi connectivity index (χ4n) is 18.5. The molecule has 0 saturated heterocycles. The Bertz CT molecular complexity index is 6180. The fourth-order valence-corrected chi connectivity index (χ4v) is 18.5. The second-order valence-electron chi connectivity index (χ2n) is 30.0. The maximum Gasteiger partial charge on any atom is 0.0567 e. The van der Waals surface area contributed by atoms with Gasteiger partial charge in [0.2, 0.25) is 0 Å². The van der Waals surface area contributed by atoms with E-state index in [9.17, 15) is 0 Å².